The van der Waals surface area contributed by atoms with Crippen LogP contribution in [0.2, 0.25) is 5.02 Å². The van der Waals surface area contributed by atoms with E-state index in [1.165, 1.54) is 10.6 Å². The minimum Gasteiger partial charge on any atom is -0.456 e. The number of halogens is 1. The first-order valence-corrected chi connectivity index (χ1v) is 14.3. The molecule has 2 saturated heterocycles. The Bertz CT molecular complexity index is 1590. The van der Waals surface area contributed by atoms with Gasteiger partial charge >= 0.3 is 0 Å². The molecule has 6 rings (SSSR count). The summed E-state index contributed by atoms with van der Waals surface area (Å²) >= 11 is 6.58. The number of rotatable bonds is 6. The molecule has 3 N–H and O–H groups in total. The van der Waals surface area contributed by atoms with E-state index in [4.69, 9.17) is 35.6 Å². The van der Waals surface area contributed by atoms with E-state index in [1.54, 1.807) is 13.1 Å². The van der Waals surface area contributed by atoms with Crippen molar-refractivity contribution < 1.29 is 23.5 Å². The van der Waals surface area contributed by atoms with Crippen LogP contribution in [-0.2, 0) is 19.4 Å². The summed E-state index contributed by atoms with van der Waals surface area (Å²) in [6.07, 6.45) is -0.365. The molecule has 10 nitrogen and oxygen atoms in total. The summed E-state index contributed by atoms with van der Waals surface area (Å²) in [5.41, 5.74) is 5.26. The molecule has 4 heterocycles. The van der Waals surface area contributed by atoms with Crippen molar-refractivity contribution >= 4 is 38.4 Å². The first-order chi connectivity index (χ1) is 18.2. The lowest BCUT2D eigenvalue weighted by Gasteiger charge is -2.19. The Morgan fingerprint density at radius 2 is 1.68 bits per heavy atom. The fraction of sp³-hybridized carbons (Fsp3) is 0.308. The average Bonchev–Trinajstić information content (AvgIpc) is 3.59. The Kier molecular flexibility index (Phi) is 6.28. The average molecular weight is 556 g/mol. The molecular weight excluding hydrogens is 530 g/mol. The van der Waals surface area contributed by atoms with Crippen LogP contribution >= 0.6 is 11.6 Å². The molecule has 0 unspecified atom stereocenters. The number of pyridine rings is 1. The number of aromatic amines is 1. The highest BCUT2D eigenvalue weighted by atomic mass is 35.5. The molecule has 38 heavy (non-hydrogen) atoms. The molecular formula is C26H26ClN5O5S. The SMILES string of the molecule is CN(c1ccc(-c2ccc(-c3nc4[nH]c(O[C@@H]5CO[C@H]6[C@@H]5OC[C@H]6O)nc4cc3Cl)cc2)cc1)[S@](C)(=N)=O. The summed E-state index contributed by atoms with van der Waals surface area (Å²) in [5.74, 6) is 0. The van der Waals surface area contributed by atoms with Crippen LogP contribution in [0.25, 0.3) is 33.5 Å². The van der Waals surface area contributed by atoms with Crippen LogP contribution in [-0.4, -0.2) is 75.2 Å². The van der Waals surface area contributed by atoms with Crippen molar-refractivity contribution in [3.63, 3.8) is 0 Å². The molecule has 2 aliphatic heterocycles. The quantitative estimate of drug-likeness (QED) is 0.329. The molecule has 0 bridgehead atoms. The van der Waals surface area contributed by atoms with Gasteiger partial charge in [-0.1, -0.05) is 48.0 Å². The predicted molar refractivity (Wildman–Crippen MR) is 145 cm³/mol. The molecule has 2 fully saturated rings. The number of imidazole rings is 1. The van der Waals surface area contributed by atoms with Gasteiger partial charge < -0.3 is 19.3 Å². The Balaban J connectivity index is 1.21. The van der Waals surface area contributed by atoms with Crippen molar-refractivity contribution in [3.8, 4) is 28.4 Å². The van der Waals surface area contributed by atoms with Gasteiger partial charge in [-0.05, 0) is 29.3 Å². The van der Waals surface area contributed by atoms with Gasteiger partial charge in [0.2, 0.25) is 0 Å². The molecule has 2 aliphatic rings. The van der Waals surface area contributed by atoms with E-state index in [-0.39, 0.29) is 30.9 Å². The van der Waals surface area contributed by atoms with Crippen molar-refractivity contribution in [2.24, 2.45) is 0 Å². The Morgan fingerprint density at radius 3 is 2.37 bits per heavy atom. The largest absolute Gasteiger partial charge is 0.456 e. The molecule has 2 aromatic carbocycles. The van der Waals surface area contributed by atoms with Crippen LogP contribution in [0.1, 0.15) is 0 Å². The molecule has 2 aromatic heterocycles. The topological polar surface area (TPSA) is 134 Å². The molecule has 0 aliphatic carbocycles. The van der Waals surface area contributed by atoms with E-state index in [9.17, 15) is 9.32 Å². The number of hydrogen-bond acceptors (Lipinski definition) is 8. The molecule has 0 saturated carbocycles. The van der Waals surface area contributed by atoms with Crippen molar-refractivity contribution in [1.29, 1.82) is 4.78 Å². The highest BCUT2D eigenvalue weighted by Gasteiger charge is 2.48. The minimum absolute atomic E-state index is 0.227. The van der Waals surface area contributed by atoms with Gasteiger partial charge in [0.15, 0.2) is 11.8 Å². The van der Waals surface area contributed by atoms with Crippen molar-refractivity contribution in [3.05, 3.63) is 59.6 Å². The summed E-state index contributed by atoms with van der Waals surface area (Å²) in [4.78, 5) is 12.3. The van der Waals surface area contributed by atoms with Gasteiger partial charge in [0.1, 0.15) is 33.7 Å². The first kappa shape index (κ1) is 25.1. The van der Waals surface area contributed by atoms with Gasteiger partial charge in [0.25, 0.3) is 6.01 Å². The number of ether oxygens (including phenoxy) is 3. The lowest BCUT2D eigenvalue weighted by molar-refractivity contribution is 0.00706. The van der Waals surface area contributed by atoms with E-state index in [0.717, 1.165) is 16.7 Å². The highest BCUT2D eigenvalue weighted by molar-refractivity contribution is 7.93. The maximum Gasteiger partial charge on any atom is 0.296 e. The number of aromatic nitrogens is 3. The van der Waals surface area contributed by atoms with Crippen molar-refractivity contribution in [2.45, 2.75) is 24.4 Å². The molecule has 12 heteroatoms. The van der Waals surface area contributed by atoms with E-state index in [0.29, 0.717) is 34.2 Å². The standard InChI is InChI=1S/C26H26ClN5O5S/c1-32(38(2,28)34)17-9-7-15(8-10-17)14-3-5-16(6-4-14)22-18(27)11-19-25(30-22)31-26(29-19)37-21-13-36-23-20(33)12-35-24(21)23/h3-11,20-21,23-24,28,33H,12-13H2,1-2H3,(H,29,30,31)/t20-,21-,23-,24-,38+/m1/s1. The number of nitrogens with zero attached hydrogens (tertiary/aromatic N) is 3. The third-order valence-electron chi connectivity index (χ3n) is 6.89. The van der Waals surface area contributed by atoms with Gasteiger partial charge in [-0.15, -0.1) is 0 Å². The zero-order valence-electron chi connectivity index (χ0n) is 20.6. The maximum absolute atomic E-state index is 12.0. The second kappa shape index (κ2) is 9.51. The van der Waals surface area contributed by atoms with Crippen LogP contribution in [0, 0.1) is 4.78 Å². The van der Waals surface area contributed by atoms with Crippen LogP contribution in [0.3, 0.4) is 0 Å². The molecule has 5 atom stereocenters. The van der Waals surface area contributed by atoms with E-state index in [1.807, 2.05) is 48.5 Å². The fourth-order valence-corrected chi connectivity index (χ4v) is 5.51. The molecule has 0 radical (unpaired) electrons. The van der Waals surface area contributed by atoms with Gasteiger partial charge in [-0.3, -0.25) is 9.29 Å². The smallest absolute Gasteiger partial charge is 0.296 e. The summed E-state index contributed by atoms with van der Waals surface area (Å²) in [5, 5.41) is 10.4. The van der Waals surface area contributed by atoms with Crippen LogP contribution in [0.15, 0.2) is 54.6 Å². The summed E-state index contributed by atoms with van der Waals surface area (Å²) in [7, 11) is -1.17. The number of H-pyrrole nitrogens is 1. The van der Waals surface area contributed by atoms with Crippen molar-refractivity contribution in [2.75, 3.05) is 30.8 Å². The van der Waals surface area contributed by atoms with Crippen molar-refractivity contribution in [1.82, 2.24) is 15.0 Å². The highest BCUT2D eigenvalue weighted by Crippen LogP contribution is 2.33. The third-order valence-corrected chi connectivity index (χ3v) is 8.44. The molecule has 4 aromatic rings. The number of nitrogens with one attached hydrogen (secondary N) is 2. The Labute approximate surface area is 224 Å². The zero-order valence-corrected chi connectivity index (χ0v) is 22.2. The molecule has 0 spiro atoms. The number of hydrogen-bond donors (Lipinski definition) is 3. The van der Waals surface area contributed by atoms with Gasteiger partial charge in [-0.25, -0.2) is 14.0 Å². The van der Waals surface area contributed by atoms with E-state index >= 15 is 0 Å². The lowest BCUT2D eigenvalue weighted by atomic mass is 10.0. The Hall–Kier alpha value is -3.22. The van der Waals surface area contributed by atoms with Gasteiger partial charge in [0.05, 0.1) is 23.9 Å². The summed E-state index contributed by atoms with van der Waals surface area (Å²) in [6, 6.07) is 17.5. The summed E-state index contributed by atoms with van der Waals surface area (Å²) < 4.78 is 38.4. The first-order valence-electron chi connectivity index (χ1n) is 12.0. The third kappa shape index (κ3) is 4.61. The lowest BCUT2D eigenvalue weighted by Crippen LogP contribution is -2.34. The number of aliphatic hydroxyl groups excluding tert-OH is 1. The monoisotopic (exact) mass is 555 g/mol. The number of aliphatic hydroxyl groups is 1. The second-order valence-electron chi connectivity index (χ2n) is 9.47. The number of anilines is 1. The Morgan fingerprint density at radius 1 is 1.05 bits per heavy atom. The zero-order chi connectivity index (χ0) is 26.6. The van der Waals surface area contributed by atoms with Gasteiger partial charge in [-0.2, -0.15) is 4.98 Å². The second-order valence-corrected chi connectivity index (χ2v) is 12.0. The normalized spacial score (nSPS) is 24.3. The number of fused-ring (bicyclic) bond motifs is 2. The van der Waals surface area contributed by atoms with Gasteiger partial charge in [0, 0.05) is 24.6 Å². The number of benzene rings is 2. The van der Waals surface area contributed by atoms with Crippen LogP contribution in [0.5, 0.6) is 6.01 Å². The summed E-state index contributed by atoms with van der Waals surface area (Å²) in [6.45, 7) is 0.531. The maximum atomic E-state index is 12.0. The predicted octanol–water partition coefficient (Wildman–Crippen LogP) is 3.88. The van der Waals surface area contributed by atoms with Crippen LogP contribution < -0.4 is 9.04 Å². The fourth-order valence-electron chi connectivity index (χ4n) is 4.73. The molecule has 198 valence electrons. The molecule has 0 amide bonds. The minimum atomic E-state index is -2.82. The van der Waals surface area contributed by atoms with E-state index in [2.05, 4.69) is 9.97 Å². The van der Waals surface area contributed by atoms with E-state index < -0.39 is 16.0 Å². The van der Waals surface area contributed by atoms with Crippen LogP contribution in [0.4, 0.5) is 5.69 Å².